The number of amides is 1. The van der Waals surface area contributed by atoms with Crippen LogP contribution in [0.1, 0.15) is 59.6 Å². The number of aromatic nitrogens is 3. The van der Waals surface area contributed by atoms with E-state index in [9.17, 15) is 24.9 Å². The molecule has 5 aromatic rings. The van der Waals surface area contributed by atoms with Crippen LogP contribution in [0.3, 0.4) is 0 Å². The molecule has 0 spiro atoms. The van der Waals surface area contributed by atoms with Crippen LogP contribution in [-0.4, -0.2) is 90.0 Å². The number of nitrogens with one attached hydrogen (secondary N) is 2. The lowest BCUT2D eigenvalue weighted by atomic mass is 9.66. The van der Waals surface area contributed by atoms with Gasteiger partial charge in [-0.1, -0.05) is 31.1 Å². The van der Waals surface area contributed by atoms with Gasteiger partial charge in [0.2, 0.25) is 12.5 Å². The Hall–Kier alpha value is -6.88. The SMILES string of the molecule is COc1cc([C@@H]2c3cc4c(cc3[C@H](OC(=O)NCCNCc3ccc(-n5c(O)nnc5-c5cc(C(C)C)c(O)cc5O)cc3)[C@H]3COC(=O)[C@@H]23)OCO4)cc(OC)c1OC. The highest BCUT2D eigenvalue weighted by molar-refractivity contribution is 5.79. The minimum atomic E-state index is -0.836. The van der Waals surface area contributed by atoms with Crippen LogP contribution in [-0.2, 0) is 20.8 Å². The van der Waals surface area contributed by atoms with Gasteiger partial charge in [0.25, 0.3) is 0 Å². The van der Waals surface area contributed by atoms with Gasteiger partial charge in [-0.2, -0.15) is 0 Å². The lowest BCUT2D eigenvalue weighted by Crippen LogP contribution is -2.39. The number of cyclic esters (lactones) is 1. The Balaban J connectivity index is 0.936. The first-order valence-electron chi connectivity index (χ1n) is 19.4. The molecular weight excluding hydrogens is 778 g/mol. The average Bonchev–Trinajstić information content (AvgIpc) is 3.97. The number of alkyl carbamates (subject to hydrolysis) is 1. The van der Waals surface area contributed by atoms with Gasteiger partial charge in [0.1, 0.15) is 17.6 Å². The third-order valence-electron chi connectivity index (χ3n) is 11.1. The zero-order chi connectivity index (χ0) is 42.2. The number of aromatic hydroxyl groups is 3. The van der Waals surface area contributed by atoms with E-state index in [0.717, 1.165) is 11.1 Å². The Morgan fingerprint density at radius 3 is 2.23 bits per heavy atom. The van der Waals surface area contributed by atoms with Crippen molar-refractivity contribution in [3.63, 3.8) is 0 Å². The molecule has 1 fully saturated rings. The summed E-state index contributed by atoms with van der Waals surface area (Å²) in [5.41, 5.74) is 4.50. The van der Waals surface area contributed by atoms with Crippen LogP contribution < -0.4 is 34.3 Å². The number of carbonyl (C=O) groups excluding carboxylic acids is 2. The largest absolute Gasteiger partial charge is 0.508 e. The number of esters is 1. The molecule has 1 aromatic heterocycles. The fraction of sp³-hybridized carbons (Fsp3) is 0.349. The molecule has 4 atom stereocenters. The van der Waals surface area contributed by atoms with E-state index in [1.165, 1.54) is 32.0 Å². The lowest BCUT2D eigenvalue weighted by Gasteiger charge is -2.38. The number of hydrogen-bond donors (Lipinski definition) is 5. The molecule has 5 N–H and O–H groups in total. The monoisotopic (exact) mass is 823 g/mol. The topological polar surface area (TPSA) is 214 Å². The highest BCUT2D eigenvalue weighted by Crippen LogP contribution is 2.56. The lowest BCUT2D eigenvalue weighted by molar-refractivity contribution is -0.141. The fourth-order valence-electron chi connectivity index (χ4n) is 8.27. The molecule has 17 nitrogen and oxygen atoms in total. The van der Waals surface area contributed by atoms with E-state index in [4.69, 9.17) is 33.2 Å². The molecule has 0 bridgehead atoms. The Morgan fingerprint density at radius 1 is 0.867 bits per heavy atom. The van der Waals surface area contributed by atoms with Gasteiger partial charge in [-0.05, 0) is 70.6 Å². The van der Waals surface area contributed by atoms with Gasteiger partial charge < -0.3 is 59.1 Å². The van der Waals surface area contributed by atoms with Crippen molar-refractivity contribution in [1.82, 2.24) is 25.4 Å². The minimum Gasteiger partial charge on any atom is -0.508 e. The van der Waals surface area contributed by atoms with Crippen molar-refractivity contribution in [1.29, 1.82) is 0 Å². The van der Waals surface area contributed by atoms with Crippen LogP contribution in [0.4, 0.5) is 4.79 Å². The normalized spacial score (nSPS) is 18.7. The highest BCUT2D eigenvalue weighted by Gasteiger charge is 2.54. The first-order chi connectivity index (χ1) is 29.0. The highest BCUT2D eigenvalue weighted by atomic mass is 16.7. The first kappa shape index (κ1) is 39.9. The maximum absolute atomic E-state index is 13.5. The van der Waals surface area contributed by atoms with E-state index in [2.05, 4.69) is 20.8 Å². The number of ether oxygens (including phenoxy) is 7. The molecule has 0 saturated carbocycles. The number of fused-ring (bicyclic) bond motifs is 3. The second-order valence-corrected chi connectivity index (χ2v) is 14.9. The molecule has 60 heavy (non-hydrogen) atoms. The molecule has 314 valence electrons. The van der Waals surface area contributed by atoms with Crippen molar-refractivity contribution in [2.45, 2.75) is 38.3 Å². The number of benzene rings is 4. The molecule has 0 unspecified atom stereocenters. The Morgan fingerprint density at radius 2 is 1.57 bits per heavy atom. The van der Waals surface area contributed by atoms with Crippen LogP contribution in [0.5, 0.6) is 46.3 Å². The Kier molecular flexibility index (Phi) is 10.9. The van der Waals surface area contributed by atoms with E-state index in [0.29, 0.717) is 69.8 Å². The van der Waals surface area contributed by atoms with Gasteiger partial charge in [0, 0.05) is 43.1 Å². The molecule has 4 aromatic carbocycles. The van der Waals surface area contributed by atoms with E-state index < -0.39 is 35.9 Å². The van der Waals surface area contributed by atoms with Gasteiger partial charge in [0.15, 0.2) is 28.8 Å². The third kappa shape index (κ3) is 7.25. The van der Waals surface area contributed by atoms with E-state index in [1.54, 1.807) is 24.3 Å². The van der Waals surface area contributed by atoms with Gasteiger partial charge in [-0.25, -0.2) is 9.36 Å². The van der Waals surface area contributed by atoms with Crippen LogP contribution >= 0.6 is 0 Å². The van der Waals surface area contributed by atoms with E-state index >= 15 is 0 Å². The van der Waals surface area contributed by atoms with Crippen molar-refractivity contribution in [3.8, 4) is 63.3 Å². The summed E-state index contributed by atoms with van der Waals surface area (Å²) in [5, 5.41) is 45.6. The van der Waals surface area contributed by atoms with Crippen molar-refractivity contribution in [2.75, 3.05) is 47.8 Å². The van der Waals surface area contributed by atoms with Crippen molar-refractivity contribution in [3.05, 3.63) is 88.5 Å². The smallest absolute Gasteiger partial charge is 0.407 e. The van der Waals surface area contributed by atoms with Gasteiger partial charge in [0.05, 0.1) is 45.1 Å². The summed E-state index contributed by atoms with van der Waals surface area (Å²) in [7, 11) is 4.57. The molecule has 8 rings (SSSR count). The van der Waals surface area contributed by atoms with Crippen LogP contribution in [0.25, 0.3) is 17.1 Å². The molecule has 1 saturated heterocycles. The zero-order valence-corrected chi connectivity index (χ0v) is 33.6. The van der Waals surface area contributed by atoms with Crippen molar-refractivity contribution >= 4 is 12.1 Å². The van der Waals surface area contributed by atoms with Gasteiger partial charge in [-0.3, -0.25) is 4.79 Å². The standard InChI is InChI=1S/C43H45N5O12/c1-21(2)25-14-28(31(50)17-30(25)49)40-46-47-42(52)48(40)24-8-6-22(7-9-24)18-44-10-11-45-43(53)60-38-27-16-33-32(58-20-59-33)15-26(27)36(37-29(38)19-57-41(37)51)23-12-34(54-3)39(56-5)35(13-23)55-4/h6-9,12-17,21,29,36-38,44,49-50H,10-11,18-20H2,1-5H3,(H,45,53)(H,47,52)/t29-,36+,37+,38-/m0/s1. The van der Waals surface area contributed by atoms with Gasteiger partial charge >= 0.3 is 18.1 Å². The number of methoxy groups -OCH3 is 3. The van der Waals surface area contributed by atoms with Crippen molar-refractivity contribution in [2.24, 2.45) is 11.8 Å². The second kappa shape index (κ2) is 16.4. The number of hydrogen-bond acceptors (Lipinski definition) is 15. The number of nitrogens with zero attached hydrogens (tertiary/aromatic N) is 3. The molecule has 1 aliphatic carbocycles. The number of rotatable bonds is 13. The van der Waals surface area contributed by atoms with Crippen molar-refractivity contribution < 1.29 is 58.1 Å². The maximum Gasteiger partial charge on any atom is 0.407 e. The Labute approximate surface area is 344 Å². The molecule has 0 radical (unpaired) electrons. The predicted octanol–water partition coefficient (Wildman–Crippen LogP) is 5.42. The van der Waals surface area contributed by atoms with Crippen LogP contribution in [0, 0.1) is 11.8 Å². The summed E-state index contributed by atoms with van der Waals surface area (Å²) >= 11 is 0. The molecule has 17 heteroatoms. The fourth-order valence-corrected chi connectivity index (χ4v) is 8.27. The van der Waals surface area contributed by atoms with Crippen LogP contribution in [0.2, 0.25) is 0 Å². The first-order valence-corrected chi connectivity index (χ1v) is 19.4. The number of phenolic OH excluding ortho intramolecular Hbond substituents is 2. The summed E-state index contributed by atoms with van der Waals surface area (Å²) < 4.78 is 41.5. The molecule has 1 amide bonds. The maximum atomic E-state index is 13.5. The third-order valence-corrected chi connectivity index (χ3v) is 11.1. The summed E-state index contributed by atoms with van der Waals surface area (Å²) in [6.45, 7) is 5.02. The molecule has 3 heterocycles. The number of phenols is 2. The summed E-state index contributed by atoms with van der Waals surface area (Å²) in [6, 6.07) is 17.1. The van der Waals surface area contributed by atoms with Gasteiger partial charge in [-0.15, -0.1) is 5.10 Å². The molecular formula is C43H45N5O12. The summed E-state index contributed by atoms with van der Waals surface area (Å²) in [5.74, 6) is 0.0662. The summed E-state index contributed by atoms with van der Waals surface area (Å²) in [6.07, 6.45) is -1.50. The quantitative estimate of drug-likeness (QED) is 0.0741. The van der Waals surface area contributed by atoms with E-state index in [-0.39, 0.29) is 49.2 Å². The molecule has 3 aliphatic rings. The average molecular weight is 824 g/mol. The second-order valence-electron chi connectivity index (χ2n) is 14.9. The zero-order valence-electron chi connectivity index (χ0n) is 33.6. The minimum absolute atomic E-state index is 0.0268. The van der Waals surface area contributed by atoms with Crippen LogP contribution in [0.15, 0.2) is 60.7 Å². The van der Waals surface area contributed by atoms with E-state index in [1.807, 2.05) is 44.2 Å². The number of carbonyl (C=O) groups is 2. The summed E-state index contributed by atoms with van der Waals surface area (Å²) in [4.78, 5) is 26.9. The Bertz CT molecular complexity index is 2410. The molecule has 2 aliphatic heterocycles. The predicted molar refractivity (Wildman–Crippen MR) is 213 cm³/mol.